The van der Waals surface area contributed by atoms with Crippen molar-refractivity contribution in [2.45, 2.75) is 25.7 Å². The van der Waals surface area contributed by atoms with Crippen LogP contribution in [0.3, 0.4) is 0 Å². The van der Waals surface area contributed by atoms with Gasteiger partial charge in [-0.1, -0.05) is 0 Å². The first kappa shape index (κ1) is 23.3. The molecule has 10 nitrogen and oxygen atoms in total. The minimum atomic E-state index is -4.04. The van der Waals surface area contributed by atoms with Gasteiger partial charge in [0.15, 0.2) is 0 Å². The molecule has 34 heavy (non-hydrogen) atoms. The van der Waals surface area contributed by atoms with Gasteiger partial charge in [0, 0.05) is 25.0 Å². The normalized spacial score (nSPS) is 11.8. The summed E-state index contributed by atoms with van der Waals surface area (Å²) in [7, 11) is -1.10. The molecule has 0 bridgehead atoms. The van der Waals surface area contributed by atoms with E-state index in [0.29, 0.717) is 33.1 Å². The molecule has 0 amide bonds. The molecular weight excluding hydrogens is 462 g/mol. The topological polar surface area (TPSA) is 130 Å². The summed E-state index contributed by atoms with van der Waals surface area (Å²) in [6, 6.07) is 7.44. The Bertz CT molecular complexity index is 1710. The molecule has 178 valence electrons. The molecule has 0 aliphatic rings. The van der Waals surface area contributed by atoms with Gasteiger partial charge in [-0.2, -0.15) is 0 Å². The number of carbonyl (C=O) groups excluding carboxylic acids is 1. The van der Waals surface area contributed by atoms with Crippen LogP contribution in [-0.2, 0) is 28.9 Å². The van der Waals surface area contributed by atoms with E-state index in [9.17, 15) is 22.8 Å². The summed E-state index contributed by atoms with van der Waals surface area (Å²) in [6.07, 6.45) is 0. The van der Waals surface area contributed by atoms with Crippen LogP contribution < -0.4 is 15.8 Å². The number of aromatic nitrogens is 2. The molecule has 0 aliphatic carbocycles. The number of esters is 1. The molecule has 2 heterocycles. The summed E-state index contributed by atoms with van der Waals surface area (Å²) in [6.45, 7) is 5.21. The number of sulfonamides is 1. The summed E-state index contributed by atoms with van der Waals surface area (Å²) in [5.41, 5.74) is 1.16. The molecule has 0 atom stereocenters. The largest absolute Gasteiger partial charge is 0.460 e. The van der Waals surface area contributed by atoms with Crippen LogP contribution in [0.5, 0.6) is 0 Å². The number of benzene rings is 2. The average Bonchev–Trinajstić information content (AvgIpc) is 3.13. The predicted octanol–water partition coefficient (Wildman–Crippen LogP) is 2.58. The van der Waals surface area contributed by atoms with Gasteiger partial charge in [0.05, 0.1) is 28.2 Å². The smallest absolute Gasteiger partial charge is 0.374 e. The van der Waals surface area contributed by atoms with Crippen molar-refractivity contribution >= 4 is 43.7 Å². The van der Waals surface area contributed by atoms with Crippen molar-refractivity contribution in [2.75, 3.05) is 11.3 Å². The molecule has 1 N–H and O–H groups in total. The van der Waals surface area contributed by atoms with Crippen LogP contribution >= 0.6 is 0 Å². The lowest BCUT2D eigenvalue weighted by atomic mass is 10.1. The third-order valence-electron chi connectivity index (χ3n) is 5.76. The third kappa shape index (κ3) is 3.67. The second-order valence-corrected chi connectivity index (χ2v) is 9.61. The molecule has 4 rings (SSSR count). The highest BCUT2D eigenvalue weighted by Gasteiger charge is 2.22. The van der Waals surface area contributed by atoms with E-state index in [1.165, 1.54) is 47.5 Å². The SMILES string of the molecule is CCOC(=O)c1oc2ccc(S(=O)(=O)Nc3cc4c(cc3C)n(C)c(=O)c(=O)n4C)cc2c1C. The van der Waals surface area contributed by atoms with Crippen LogP contribution in [0.4, 0.5) is 5.69 Å². The molecule has 2 aromatic carbocycles. The maximum atomic E-state index is 13.2. The summed E-state index contributed by atoms with van der Waals surface area (Å²) in [5.74, 6) is -0.596. The van der Waals surface area contributed by atoms with E-state index in [1.54, 1.807) is 26.8 Å². The fourth-order valence-electron chi connectivity index (χ4n) is 3.80. The number of fused-ring (bicyclic) bond motifs is 2. The van der Waals surface area contributed by atoms with Crippen LogP contribution in [-0.4, -0.2) is 30.1 Å². The van der Waals surface area contributed by atoms with Gasteiger partial charge >= 0.3 is 17.1 Å². The molecule has 0 saturated heterocycles. The molecule has 0 unspecified atom stereocenters. The van der Waals surface area contributed by atoms with Gasteiger partial charge in [-0.3, -0.25) is 14.3 Å². The quantitative estimate of drug-likeness (QED) is 0.340. The lowest BCUT2D eigenvalue weighted by molar-refractivity contribution is 0.0491. The highest BCUT2D eigenvalue weighted by Crippen LogP contribution is 2.30. The molecule has 0 fully saturated rings. The number of ether oxygens (including phenoxy) is 1. The molecule has 2 aromatic heterocycles. The van der Waals surface area contributed by atoms with Crippen molar-refractivity contribution in [3.05, 3.63) is 67.9 Å². The van der Waals surface area contributed by atoms with Crippen molar-refractivity contribution < 1.29 is 22.4 Å². The molecule has 0 saturated carbocycles. The van der Waals surface area contributed by atoms with Gasteiger partial charge in [-0.05, 0) is 56.7 Å². The Hall–Kier alpha value is -3.86. The van der Waals surface area contributed by atoms with Crippen LogP contribution in [0.2, 0.25) is 0 Å². The molecular formula is C23H23N3O7S. The van der Waals surface area contributed by atoms with Gasteiger partial charge in [0.1, 0.15) is 5.58 Å². The Morgan fingerprint density at radius 3 is 2.26 bits per heavy atom. The van der Waals surface area contributed by atoms with Crippen LogP contribution in [0.25, 0.3) is 22.0 Å². The van der Waals surface area contributed by atoms with Gasteiger partial charge < -0.3 is 18.3 Å². The van der Waals surface area contributed by atoms with Crippen molar-refractivity contribution in [3.8, 4) is 0 Å². The number of nitrogens with one attached hydrogen (secondary N) is 1. The maximum Gasteiger partial charge on any atom is 0.374 e. The van der Waals surface area contributed by atoms with Crippen molar-refractivity contribution in [1.29, 1.82) is 0 Å². The molecule has 11 heteroatoms. The maximum absolute atomic E-state index is 13.2. The van der Waals surface area contributed by atoms with Gasteiger partial charge in [0.25, 0.3) is 10.0 Å². The average molecular weight is 486 g/mol. The standard InChI is InChI=1S/C23H23N3O7S/c1-6-32-23(29)20-13(3)15-10-14(7-8-19(15)33-20)34(30,31)24-16-11-18-17(9-12(16)2)25(4)21(27)22(28)26(18)5/h7-11,24H,6H2,1-5H3. The first-order valence-electron chi connectivity index (χ1n) is 10.4. The Labute approximate surface area is 194 Å². The molecule has 4 aromatic rings. The first-order valence-corrected chi connectivity index (χ1v) is 11.9. The fourth-order valence-corrected chi connectivity index (χ4v) is 4.94. The Morgan fingerprint density at radius 2 is 1.65 bits per heavy atom. The predicted molar refractivity (Wildman–Crippen MR) is 127 cm³/mol. The molecule has 0 radical (unpaired) electrons. The zero-order chi connectivity index (χ0) is 24.9. The zero-order valence-electron chi connectivity index (χ0n) is 19.3. The van der Waals surface area contributed by atoms with Gasteiger partial charge in [-0.25, -0.2) is 13.2 Å². The van der Waals surface area contributed by atoms with E-state index in [0.717, 1.165) is 0 Å². The van der Waals surface area contributed by atoms with E-state index in [1.807, 2.05) is 0 Å². The summed E-state index contributed by atoms with van der Waals surface area (Å²) in [4.78, 5) is 36.4. The molecule has 0 aliphatic heterocycles. The third-order valence-corrected chi connectivity index (χ3v) is 7.12. The Kier molecular flexibility index (Phi) is 5.60. The second-order valence-electron chi connectivity index (χ2n) is 7.92. The minimum absolute atomic E-state index is 0.0243. The summed E-state index contributed by atoms with van der Waals surface area (Å²) in [5, 5.41) is 0.471. The van der Waals surface area contributed by atoms with E-state index in [-0.39, 0.29) is 22.9 Å². The van der Waals surface area contributed by atoms with E-state index in [2.05, 4.69) is 4.72 Å². The Morgan fingerprint density at radius 1 is 1.03 bits per heavy atom. The van der Waals surface area contributed by atoms with Crippen molar-refractivity contribution in [3.63, 3.8) is 0 Å². The van der Waals surface area contributed by atoms with E-state index in [4.69, 9.17) is 9.15 Å². The molecule has 0 spiro atoms. The summed E-state index contributed by atoms with van der Waals surface area (Å²) < 4.78 is 41.9. The zero-order valence-corrected chi connectivity index (χ0v) is 20.1. The lowest BCUT2D eigenvalue weighted by Gasteiger charge is -2.15. The number of anilines is 1. The Balaban J connectivity index is 1.79. The minimum Gasteiger partial charge on any atom is -0.460 e. The monoisotopic (exact) mass is 485 g/mol. The van der Waals surface area contributed by atoms with E-state index < -0.39 is 27.1 Å². The van der Waals surface area contributed by atoms with Crippen LogP contribution in [0.15, 0.2) is 49.2 Å². The van der Waals surface area contributed by atoms with Gasteiger partial charge in [-0.15, -0.1) is 0 Å². The number of hydrogen-bond donors (Lipinski definition) is 1. The van der Waals surface area contributed by atoms with Crippen LogP contribution in [0.1, 0.15) is 28.6 Å². The number of hydrogen-bond acceptors (Lipinski definition) is 7. The fraction of sp³-hybridized carbons (Fsp3) is 0.261. The van der Waals surface area contributed by atoms with Crippen molar-refractivity contribution in [1.82, 2.24) is 9.13 Å². The number of rotatable bonds is 5. The summed E-state index contributed by atoms with van der Waals surface area (Å²) >= 11 is 0. The van der Waals surface area contributed by atoms with E-state index >= 15 is 0 Å². The first-order chi connectivity index (χ1) is 16.0. The van der Waals surface area contributed by atoms with Gasteiger partial charge in [0.2, 0.25) is 5.76 Å². The number of nitrogens with zero attached hydrogens (tertiary/aromatic N) is 2. The van der Waals surface area contributed by atoms with Crippen LogP contribution in [0, 0.1) is 13.8 Å². The number of furan rings is 1. The highest BCUT2D eigenvalue weighted by atomic mass is 32.2. The highest BCUT2D eigenvalue weighted by molar-refractivity contribution is 7.92. The van der Waals surface area contributed by atoms with Crippen molar-refractivity contribution in [2.24, 2.45) is 14.1 Å². The number of aryl methyl sites for hydroxylation is 4. The number of carbonyl (C=O) groups is 1. The second kappa shape index (κ2) is 8.17. The lowest BCUT2D eigenvalue weighted by Crippen LogP contribution is -2.39.